The largest absolute Gasteiger partial charge is 0.278 e. The van der Waals surface area contributed by atoms with Gasteiger partial charge in [-0.1, -0.05) is 11.6 Å². The van der Waals surface area contributed by atoms with Gasteiger partial charge in [-0.2, -0.15) is 10.4 Å². The van der Waals surface area contributed by atoms with Gasteiger partial charge in [0.25, 0.3) is 0 Å². The third-order valence-corrected chi connectivity index (χ3v) is 2.04. The number of hydrogen-bond acceptors (Lipinski definition) is 2. The van der Waals surface area contributed by atoms with Gasteiger partial charge in [0.05, 0.1) is 24.2 Å². The minimum absolute atomic E-state index is 0.431. The molecule has 1 N–H and O–H groups in total. The molecule has 0 aliphatic rings. The van der Waals surface area contributed by atoms with Crippen LogP contribution >= 0.6 is 0 Å². The Kier molecular flexibility index (Phi) is 1.75. The van der Waals surface area contributed by atoms with Crippen LogP contribution in [-0.4, -0.2) is 10.2 Å². The summed E-state index contributed by atoms with van der Waals surface area (Å²) in [7, 11) is 0. The van der Waals surface area contributed by atoms with Gasteiger partial charge in [-0.3, -0.25) is 5.10 Å². The molecule has 0 saturated heterocycles. The summed E-state index contributed by atoms with van der Waals surface area (Å²) in [6.45, 7) is 2.02. The Bertz CT molecular complexity index is 476. The molecule has 0 aliphatic carbocycles. The van der Waals surface area contributed by atoms with Gasteiger partial charge in [-0.15, -0.1) is 0 Å². The monoisotopic (exact) mass is 171 g/mol. The van der Waals surface area contributed by atoms with Gasteiger partial charge in [0.1, 0.15) is 0 Å². The number of H-pyrrole nitrogens is 1. The van der Waals surface area contributed by atoms with E-state index in [-0.39, 0.29) is 0 Å². The van der Waals surface area contributed by atoms with Crippen molar-refractivity contribution < 1.29 is 0 Å². The fraction of sp³-hybridized carbons (Fsp3) is 0.200. The van der Waals surface area contributed by atoms with Crippen molar-refractivity contribution in [3.63, 3.8) is 0 Å². The van der Waals surface area contributed by atoms with E-state index in [1.807, 2.05) is 13.0 Å². The van der Waals surface area contributed by atoms with Crippen LogP contribution in [0, 0.1) is 18.3 Å². The van der Waals surface area contributed by atoms with Crippen molar-refractivity contribution in [3.8, 4) is 6.07 Å². The maximum Gasteiger partial charge on any atom is 0.0692 e. The molecule has 0 fully saturated rings. The number of rotatable bonds is 1. The van der Waals surface area contributed by atoms with Crippen LogP contribution in [0.3, 0.4) is 0 Å². The molecule has 3 nitrogen and oxygen atoms in total. The number of benzene rings is 1. The normalized spacial score (nSPS) is 10.2. The minimum atomic E-state index is 0.431. The van der Waals surface area contributed by atoms with Crippen LogP contribution < -0.4 is 0 Å². The van der Waals surface area contributed by atoms with Crippen LogP contribution in [0.4, 0.5) is 0 Å². The van der Waals surface area contributed by atoms with Gasteiger partial charge >= 0.3 is 0 Å². The van der Waals surface area contributed by atoms with Crippen LogP contribution in [0.5, 0.6) is 0 Å². The molecule has 2 rings (SSSR count). The number of fused-ring (bicyclic) bond motifs is 1. The van der Waals surface area contributed by atoms with E-state index in [1.54, 1.807) is 6.20 Å². The Morgan fingerprint density at radius 3 is 3.15 bits per heavy atom. The van der Waals surface area contributed by atoms with Crippen LogP contribution in [0.15, 0.2) is 18.3 Å². The van der Waals surface area contributed by atoms with E-state index in [9.17, 15) is 0 Å². The highest BCUT2D eigenvalue weighted by Gasteiger charge is 2.03. The number of nitriles is 1. The van der Waals surface area contributed by atoms with Gasteiger partial charge in [-0.25, -0.2) is 0 Å². The summed E-state index contributed by atoms with van der Waals surface area (Å²) < 4.78 is 0. The molecule has 0 bridgehead atoms. The first-order valence-electron chi connectivity index (χ1n) is 4.11. The Morgan fingerprint density at radius 2 is 2.38 bits per heavy atom. The summed E-state index contributed by atoms with van der Waals surface area (Å²) in [6, 6.07) is 6.22. The highest BCUT2D eigenvalue weighted by molar-refractivity contribution is 5.82. The zero-order valence-electron chi connectivity index (χ0n) is 7.33. The topological polar surface area (TPSA) is 52.5 Å². The van der Waals surface area contributed by atoms with Crippen molar-refractivity contribution in [2.24, 2.45) is 0 Å². The van der Waals surface area contributed by atoms with Gasteiger partial charge in [0.2, 0.25) is 0 Å². The van der Waals surface area contributed by atoms with E-state index in [1.165, 1.54) is 5.56 Å². The van der Waals surface area contributed by atoms with E-state index in [2.05, 4.69) is 22.3 Å². The highest BCUT2D eigenvalue weighted by Crippen LogP contribution is 2.18. The molecule has 0 spiro atoms. The Hall–Kier alpha value is -1.82. The maximum absolute atomic E-state index is 8.62. The van der Waals surface area contributed by atoms with E-state index in [4.69, 9.17) is 5.26 Å². The van der Waals surface area contributed by atoms with Crippen LogP contribution in [-0.2, 0) is 6.42 Å². The van der Waals surface area contributed by atoms with Crippen LogP contribution in [0.25, 0.3) is 10.9 Å². The van der Waals surface area contributed by atoms with Crippen molar-refractivity contribution >= 4 is 10.9 Å². The zero-order valence-corrected chi connectivity index (χ0v) is 7.33. The molecular weight excluding hydrogens is 162 g/mol. The third kappa shape index (κ3) is 1.27. The Morgan fingerprint density at radius 1 is 1.54 bits per heavy atom. The highest BCUT2D eigenvalue weighted by atomic mass is 15.1. The summed E-state index contributed by atoms with van der Waals surface area (Å²) in [4.78, 5) is 0. The lowest BCUT2D eigenvalue weighted by Crippen LogP contribution is -1.86. The molecule has 1 aromatic carbocycles. The zero-order chi connectivity index (χ0) is 9.26. The summed E-state index contributed by atoms with van der Waals surface area (Å²) in [5, 5.41) is 16.5. The van der Waals surface area contributed by atoms with E-state index in [0.717, 1.165) is 16.5 Å². The van der Waals surface area contributed by atoms with Crippen LogP contribution in [0.2, 0.25) is 0 Å². The molecule has 0 radical (unpaired) electrons. The van der Waals surface area contributed by atoms with Crippen molar-refractivity contribution in [2.45, 2.75) is 13.3 Å². The molecule has 0 amide bonds. The number of nitrogens with one attached hydrogen (secondary N) is 1. The molecule has 0 saturated carbocycles. The second-order valence-corrected chi connectivity index (χ2v) is 3.09. The second kappa shape index (κ2) is 2.91. The lowest BCUT2D eigenvalue weighted by molar-refractivity contribution is 1.11. The summed E-state index contributed by atoms with van der Waals surface area (Å²) in [5.74, 6) is 0. The van der Waals surface area contributed by atoms with Gasteiger partial charge in [0.15, 0.2) is 0 Å². The summed E-state index contributed by atoms with van der Waals surface area (Å²) >= 11 is 0. The number of nitrogens with zero attached hydrogens (tertiary/aromatic N) is 2. The molecule has 0 atom stereocenters. The quantitative estimate of drug-likeness (QED) is 0.712. The number of aromatic nitrogens is 2. The fourth-order valence-electron chi connectivity index (χ4n) is 1.52. The molecular formula is C10H9N3. The van der Waals surface area contributed by atoms with Gasteiger partial charge in [-0.05, 0) is 18.6 Å². The molecule has 13 heavy (non-hydrogen) atoms. The van der Waals surface area contributed by atoms with Gasteiger partial charge in [0, 0.05) is 5.39 Å². The lowest BCUT2D eigenvalue weighted by Gasteiger charge is -1.99. The van der Waals surface area contributed by atoms with E-state index < -0.39 is 0 Å². The standard InChI is InChI=1S/C10H9N3/c1-7-4-8(2-3-11)10-9(5-7)6-12-13-10/h4-6H,2H2,1H3,(H,12,13). The SMILES string of the molecule is Cc1cc(CC#N)c2[nH]ncc2c1. The molecule has 1 aromatic heterocycles. The number of hydrogen-bond donors (Lipinski definition) is 1. The van der Waals surface area contributed by atoms with Crippen molar-refractivity contribution in [2.75, 3.05) is 0 Å². The minimum Gasteiger partial charge on any atom is -0.278 e. The molecule has 64 valence electrons. The smallest absolute Gasteiger partial charge is 0.0692 e. The molecule has 1 heterocycles. The van der Waals surface area contributed by atoms with Crippen molar-refractivity contribution in [1.29, 1.82) is 5.26 Å². The first-order chi connectivity index (χ1) is 6.31. The number of aryl methyl sites for hydroxylation is 1. The molecule has 0 aliphatic heterocycles. The van der Waals surface area contributed by atoms with Gasteiger partial charge < -0.3 is 0 Å². The van der Waals surface area contributed by atoms with Crippen molar-refractivity contribution in [1.82, 2.24) is 10.2 Å². The fourth-order valence-corrected chi connectivity index (χ4v) is 1.52. The van der Waals surface area contributed by atoms with E-state index in [0.29, 0.717) is 6.42 Å². The Labute approximate surface area is 76.0 Å². The molecule has 2 aromatic rings. The average Bonchev–Trinajstić information content (AvgIpc) is 2.52. The lowest BCUT2D eigenvalue weighted by atomic mass is 10.1. The first kappa shape index (κ1) is 7.81. The first-order valence-corrected chi connectivity index (χ1v) is 4.11. The predicted octanol–water partition coefficient (Wildman–Crippen LogP) is 1.94. The maximum atomic E-state index is 8.62. The van der Waals surface area contributed by atoms with E-state index >= 15 is 0 Å². The summed E-state index contributed by atoms with van der Waals surface area (Å²) in [5.41, 5.74) is 3.17. The third-order valence-electron chi connectivity index (χ3n) is 2.04. The molecule has 3 heteroatoms. The number of aromatic amines is 1. The summed E-state index contributed by atoms with van der Waals surface area (Å²) in [6.07, 6.45) is 2.21. The molecule has 0 unspecified atom stereocenters. The second-order valence-electron chi connectivity index (χ2n) is 3.09. The van der Waals surface area contributed by atoms with Crippen molar-refractivity contribution in [3.05, 3.63) is 29.5 Å². The Balaban J connectivity index is 2.71. The van der Waals surface area contributed by atoms with Crippen LogP contribution in [0.1, 0.15) is 11.1 Å². The predicted molar refractivity (Wildman–Crippen MR) is 50.1 cm³/mol. The average molecular weight is 171 g/mol.